The molecule has 1 aliphatic rings. The monoisotopic (exact) mass is 661 g/mol. The van der Waals surface area contributed by atoms with E-state index >= 15 is 0 Å². The zero-order chi connectivity index (χ0) is 22.1. The van der Waals surface area contributed by atoms with Crippen molar-refractivity contribution in [2.45, 2.75) is 26.9 Å². The molecule has 1 aliphatic carbocycles. The number of hydrogen-bond acceptors (Lipinski definition) is 4. The van der Waals surface area contributed by atoms with Crippen LogP contribution in [0.4, 0.5) is 0 Å². The number of nitrogens with zero attached hydrogens (tertiary/aromatic N) is 1. The molecule has 2 aromatic carbocycles. The predicted molar refractivity (Wildman–Crippen MR) is 130 cm³/mol. The average Bonchev–Trinajstić information content (AvgIpc) is 3.27. The molecule has 8 heteroatoms. The molecule has 0 aliphatic heterocycles. The second kappa shape index (κ2) is 9.32. The molecule has 4 atom stereocenters. The Morgan fingerprint density at radius 1 is 1.10 bits per heavy atom. The van der Waals surface area contributed by atoms with Crippen molar-refractivity contribution in [1.82, 2.24) is 0 Å². The lowest BCUT2D eigenvalue weighted by molar-refractivity contribution is -0.149. The summed E-state index contributed by atoms with van der Waals surface area (Å²) in [5, 5.41) is 9.65. The van der Waals surface area contributed by atoms with Gasteiger partial charge in [0.15, 0.2) is 0 Å². The standard InChI is InChI=1S/C22H19Br4NO3/c1-21(2)17(19(23)22(24,25)26)18(21)20(28)30-16(12-27)13-7-6-10-15(11-13)29-14-8-4-3-5-9-14/h3-11,16-19H,1-2H3/t16?,17-,18-,19?/m0/s1. The van der Waals surface area contributed by atoms with Gasteiger partial charge in [-0.15, -0.1) is 0 Å². The van der Waals surface area contributed by atoms with Crippen molar-refractivity contribution in [1.29, 1.82) is 5.26 Å². The van der Waals surface area contributed by atoms with E-state index in [-0.39, 0.29) is 28.0 Å². The molecule has 3 rings (SSSR count). The minimum Gasteiger partial charge on any atom is -0.457 e. The van der Waals surface area contributed by atoms with Crippen LogP contribution in [0.3, 0.4) is 0 Å². The molecule has 0 radical (unpaired) electrons. The first-order valence-electron chi connectivity index (χ1n) is 9.19. The van der Waals surface area contributed by atoms with Gasteiger partial charge in [-0.1, -0.05) is 108 Å². The van der Waals surface area contributed by atoms with Gasteiger partial charge in [0, 0.05) is 5.56 Å². The number of rotatable bonds is 6. The molecule has 0 N–H and O–H groups in total. The first-order chi connectivity index (χ1) is 14.1. The highest BCUT2D eigenvalue weighted by atomic mass is 80.0. The maximum atomic E-state index is 12.9. The van der Waals surface area contributed by atoms with Gasteiger partial charge in [-0.25, -0.2) is 0 Å². The number of alkyl halides is 4. The Hall–Kier alpha value is -0.880. The Morgan fingerprint density at radius 2 is 1.73 bits per heavy atom. The lowest BCUT2D eigenvalue weighted by atomic mass is 10.1. The minimum atomic E-state index is -1.01. The van der Waals surface area contributed by atoms with E-state index in [1.54, 1.807) is 24.3 Å². The SMILES string of the molecule is CC1(C)[C@H](C(=O)OC(C#N)c2cccc(Oc3ccccc3)c2)[C@H]1C(Br)C(Br)(Br)Br. The molecule has 1 fully saturated rings. The maximum Gasteiger partial charge on any atom is 0.311 e. The summed E-state index contributed by atoms with van der Waals surface area (Å²) in [5.41, 5.74) is 0.310. The van der Waals surface area contributed by atoms with Gasteiger partial charge in [0.25, 0.3) is 0 Å². The number of esters is 1. The number of hydrogen-bond donors (Lipinski definition) is 0. The van der Waals surface area contributed by atoms with Crippen LogP contribution in [0.25, 0.3) is 0 Å². The number of nitriles is 1. The molecule has 0 heterocycles. The highest BCUT2D eigenvalue weighted by Crippen LogP contribution is 2.66. The second-order valence-electron chi connectivity index (χ2n) is 7.70. The van der Waals surface area contributed by atoms with Crippen molar-refractivity contribution in [3.05, 3.63) is 60.2 Å². The Kier molecular flexibility index (Phi) is 7.38. The van der Waals surface area contributed by atoms with Crippen molar-refractivity contribution in [2.75, 3.05) is 0 Å². The van der Waals surface area contributed by atoms with Gasteiger partial charge in [0.05, 0.1) is 10.7 Å². The quantitative estimate of drug-likeness (QED) is 0.238. The fourth-order valence-corrected chi connectivity index (χ4v) is 5.44. The van der Waals surface area contributed by atoms with Gasteiger partial charge in [-0.05, 0) is 35.6 Å². The Balaban J connectivity index is 1.72. The topological polar surface area (TPSA) is 59.3 Å². The van der Waals surface area contributed by atoms with E-state index in [9.17, 15) is 10.1 Å². The van der Waals surface area contributed by atoms with Gasteiger partial charge in [0.2, 0.25) is 6.10 Å². The zero-order valence-corrected chi connectivity index (χ0v) is 22.5. The smallest absolute Gasteiger partial charge is 0.311 e. The van der Waals surface area contributed by atoms with E-state index in [0.29, 0.717) is 17.1 Å². The van der Waals surface area contributed by atoms with Gasteiger partial charge in [-0.2, -0.15) is 5.26 Å². The summed E-state index contributed by atoms with van der Waals surface area (Å²) in [6.45, 7) is 4.04. The summed E-state index contributed by atoms with van der Waals surface area (Å²) in [5.74, 6) is 0.576. The third-order valence-electron chi connectivity index (χ3n) is 5.28. The third-order valence-corrected chi connectivity index (χ3v) is 9.86. The Labute approximate surface area is 209 Å². The van der Waals surface area contributed by atoms with Crippen molar-refractivity contribution < 1.29 is 14.3 Å². The zero-order valence-electron chi connectivity index (χ0n) is 16.2. The summed E-state index contributed by atoms with van der Waals surface area (Å²) < 4.78 is 10.9. The van der Waals surface area contributed by atoms with Crippen LogP contribution in [-0.2, 0) is 9.53 Å². The van der Waals surface area contributed by atoms with Crippen LogP contribution in [0, 0.1) is 28.6 Å². The van der Waals surface area contributed by atoms with Crippen molar-refractivity contribution in [3.63, 3.8) is 0 Å². The van der Waals surface area contributed by atoms with Crippen LogP contribution >= 0.6 is 63.7 Å². The molecule has 2 aromatic rings. The van der Waals surface area contributed by atoms with E-state index in [4.69, 9.17) is 9.47 Å². The second-order valence-corrected chi connectivity index (χ2v) is 15.6. The number of halogens is 4. The highest BCUT2D eigenvalue weighted by molar-refractivity contribution is 9.40. The molecule has 0 bridgehead atoms. The van der Waals surface area contributed by atoms with Gasteiger partial charge >= 0.3 is 5.97 Å². The van der Waals surface area contributed by atoms with Crippen molar-refractivity contribution in [3.8, 4) is 17.6 Å². The van der Waals surface area contributed by atoms with Crippen LogP contribution in [0.1, 0.15) is 25.5 Å². The molecule has 1 saturated carbocycles. The fourth-order valence-electron chi connectivity index (χ4n) is 3.60. The summed E-state index contributed by atoms with van der Waals surface area (Å²) in [4.78, 5) is 12.8. The van der Waals surface area contributed by atoms with E-state index in [2.05, 4.69) is 69.8 Å². The Bertz CT molecular complexity index is 953. The van der Waals surface area contributed by atoms with Crippen LogP contribution in [0.15, 0.2) is 54.6 Å². The molecular weight excluding hydrogens is 646 g/mol. The average molecular weight is 665 g/mol. The van der Waals surface area contributed by atoms with Crippen molar-refractivity contribution in [2.24, 2.45) is 17.3 Å². The van der Waals surface area contributed by atoms with Crippen LogP contribution in [0.5, 0.6) is 11.5 Å². The van der Waals surface area contributed by atoms with Crippen molar-refractivity contribution >= 4 is 69.7 Å². The number of carbonyl (C=O) groups is 1. The van der Waals surface area contributed by atoms with Gasteiger partial charge in [-0.3, -0.25) is 4.79 Å². The largest absolute Gasteiger partial charge is 0.457 e. The molecular formula is C22H19Br4NO3. The number of para-hydroxylation sites is 1. The van der Waals surface area contributed by atoms with Gasteiger partial charge < -0.3 is 9.47 Å². The first kappa shape index (κ1) is 23.8. The van der Waals surface area contributed by atoms with E-state index in [1.165, 1.54) is 0 Å². The summed E-state index contributed by atoms with van der Waals surface area (Å²) in [7, 11) is 0. The molecule has 2 unspecified atom stereocenters. The number of carbonyl (C=O) groups excluding carboxylic acids is 1. The summed E-state index contributed by atoms with van der Waals surface area (Å²) in [6.07, 6.45) is -1.01. The molecule has 30 heavy (non-hydrogen) atoms. The molecule has 0 aromatic heterocycles. The lowest BCUT2D eigenvalue weighted by Crippen LogP contribution is -2.23. The van der Waals surface area contributed by atoms with E-state index in [1.807, 2.05) is 44.2 Å². The molecule has 0 spiro atoms. The molecule has 4 nitrogen and oxygen atoms in total. The molecule has 158 valence electrons. The third kappa shape index (κ3) is 5.29. The maximum absolute atomic E-state index is 12.9. The summed E-state index contributed by atoms with van der Waals surface area (Å²) in [6, 6.07) is 18.5. The van der Waals surface area contributed by atoms with Crippen LogP contribution in [0.2, 0.25) is 0 Å². The van der Waals surface area contributed by atoms with E-state index in [0.717, 1.165) is 0 Å². The van der Waals surface area contributed by atoms with E-state index < -0.39 is 8.25 Å². The fraction of sp³-hybridized carbons (Fsp3) is 0.364. The predicted octanol–water partition coefficient (Wildman–Crippen LogP) is 7.46. The lowest BCUT2D eigenvalue weighted by Gasteiger charge is -2.21. The van der Waals surface area contributed by atoms with Crippen LogP contribution in [-0.4, -0.2) is 12.9 Å². The first-order valence-corrected chi connectivity index (χ1v) is 12.5. The highest BCUT2D eigenvalue weighted by Gasteiger charge is 2.67. The normalized spacial score (nSPS) is 21.8. The van der Waals surface area contributed by atoms with Gasteiger partial charge in [0.1, 0.15) is 19.7 Å². The summed E-state index contributed by atoms with van der Waals surface area (Å²) >= 11 is 14.2. The minimum absolute atomic E-state index is 0.0233. The Morgan fingerprint density at radius 3 is 2.33 bits per heavy atom. The molecule has 0 amide bonds. The molecule has 0 saturated heterocycles. The number of ether oxygens (including phenoxy) is 2. The number of benzene rings is 2. The van der Waals surface area contributed by atoms with Crippen LogP contribution < -0.4 is 4.74 Å².